The molecule has 2 radical (unpaired) electrons. The minimum absolute atomic E-state index is 0.0110. The van der Waals surface area contributed by atoms with Crippen molar-refractivity contribution in [3.05, 3.63) is 33.2 Å². The highest BCUT2D eigenvalue weighted by atomic mass is 127. The Morgan fingerprint density at radius 1 is 1.07 bits per heavy atom. The van der Waals surface area contributed by atoms with Gasteiger partial charge in [0.15, 0.2) is 25.7 Å². The Bertz CT molecular complexity index is 1110. The molecule has 1 heterocycles. The third kappa shape index (κ3) is 8.70. The van der Waals surface area contributed by atoms with Gasteiger partial charge >= 0.3 is 0 Å². The number of ether oxygens (including phenoxy) is 2. The van der Waals surface area contributed by atoms with Crippen molar-refractivity contribution in [1.29, 1.82) is 0 Å². The number of amidine groups is 1. The van der Waals surface area contributed by atoms with Crippen molar-refractivity contribution in [3.63, 3.8) is 0 Å². The highest BCUT2D eigenvalue weighted by Crippen LogP contribution is 2.40. The Hall–Kier alpha value is -1.13. The molecule has 5 N–H and O–H groups in total. The standard InChI is InChI=1S/C29H51IN4O4Si2/c1-18(2)19-14-22(35-11)20(30)15-21(19)37-23-16-33-29(32,34-25(23)31)24(17-36-40(12,13)27(6,7)8)28(9,10)38-39-26(3,4)5/h14-16,18,24,33H,17,32H2,1-13H3,(H2,31,34). The third-order valence-corrected chi connectivity index (χ3v) is 14.1. The van der Waals surface area contributed by atoms with Crippen LogP contribution in [0, 0.1) is 9.49 Å². The summed E-state index contributed by atoms with van der Waals surface area (Å²) in [7, 11) is -0.144. The maximum atomic E-state index is 7.02. The fourth-order valence-electron chi connectivity index (χ4n) is 3.89. The van der Waals surface area contributed by atoms with Crippen LogP contribution in [0.4, 0.5) is 0 Å². The van der Waals surface area contributed by atoms with E-state index in [0.29, 0.717) is 18.1 Å². The van der Waals surface area contributed by atoms with Crippen LogP contribution < -0.4 is 26.3 Å². The van der Waals surface area contributed by atoms with E-state index >= 15 is 0 Å². The molecule has 0 aliphatic carbocycles. The van der Waals surface area contributed by atoms with Gasteiger partial charge in [0.05, 0.1) is 22.2 Å². The lowest BCUT2D eigenvalue weighted by molar-refractivity contribution is -0.0289. The second kappa shape index (κ2) is 12.6. The van der Waals surface area contributed by atoms with E-state index < -0.39 is 19.7 Å². The quantitative estimate of drug-likeness (QED) is 0.179. The predicted molar refractivity (Wildman–Crippen MR) is 177 cm³/mol. The summed E-state index contributed by atoms with van der Waals surface area (Å²) in [6.45, 7) is 26.3. The third-order valence-electron chi connectivity index (χ3n) is 7.53. The molecule has 2 unspecified atom stereocenters. The monoisotopic (exact) mass is 702 g/mol. The van der Waals surface area contributed by atoms with Crippen LogP contribution in [0.1, 0.15) is 80.7 Å². The molecule has 1 aromatic rings. The zero-order chi connectivity index (χ0) is 30.9. The van der Waals surface area contributed by atoms with Crippen LogP contribution in [-0.2, 0) is 8.85 Å². The first-order valence-corrected chi connectivity index (χ1v) is 18.7. The van der Waals surface area contributed by atoms with E-state index in [9.17, 15) is 0 Å². The Morgan fingerprint density at radius 3 is 2.15 bits per heavy atom. The van der Waals surface area contributed by atoms with Crippen molar-refractivity contribution in [2.45, 2.75) is 110 Å². The number of nitrogens with zero attached hydrogens (tertiary/aromatic N) is 1. The number of benzene rings is 1. The van der Waals surface area contributed by atoms with Gasteiger partial charge in [-0.2, -0.15) is 0 Å². The van der Waals surface area contributed by atoms with Crippen LogP contribution in [0.15, 0.2) is 29.1 Å². The molecule has 1 aliphatic rings. The molecule has 2 atom stereocenters. The molecular weight excluding hydrogens is 651 g/mol. The molecular formula is C29H51IN4O4Si2. The summed E-state index contributed by atoms with van der Waals surface area (Å²) in [5.74, 6) is 0.718. The molecule has 0 bridgehead atoms. The molecule has 8 nitrogen and oxygen atoms in total. The van der Waals surface area contributed by atoms with Crippen LogP contribution in [-0.4, -0.2) is 49.0 Å². The number of methoxy groups -OCH3 is 1. The lowest BCUT2D eigenvalue weighted by atomic mass is 9.85. The van der Waals surface area contributed by atoms with Crippen molar-refractivity contribution in [2.24, 2.45) is 22.4 Å². The number of rotatable bonds is 11. The van der Waals surface area contributed by atoms with Gasteiger partial charge in [-0.3, -0.25) is 5.73 Å². The molecule has 0 aromatic heterocycles. The molecule has 226 valence electrons. The van der Waals surface area contributed by atoms with E-state index in [4.69, 9.17) is 34.8 Å². The van der Waals surface area contributed by atoms with Gasteiger partial charge in [-0.1, -0.05) is 55.4 Å². The number of hydrogen-bond acceptors (Lipinski definition) is 8. The van der Waals surface area contributed by atoms with E-state index in [1.165, 1.54) is 0 Å². The molecule has 0 spiro atoms. The molecule has 0 saturated carbocycles. The van der Waals surface area contributed by atoms with Crippen LogP contribution >= 0.6 is 22.6 Å². The van der Waals surface area contributed by atoms with E-state index in [1.807, 2.05) is 12.1 Å². The first-order chi connectivity index (χ1) is 18.0. The first kappa shape index (κ1) is 35.1. The fraction of sp³-hybridized carbons (Fsp3) is 0.690. The van der Waals surface area contributed by atoms with Crippen molar-refractivity contribution in [3.8, 4) is 11.5 Å². The van der Waals surface area contributed by atoms with Crippen LogP contribution in [0.25, 0.3) is 0 Å². The Morgan fingerprint density at radius 2 is 1.68 bits per heavy atom. The van der Waals surface area contributed by atoms with E-state index in [2.05, 4.69) is 110 Å². The Labute approximate surface area is 259 Å². The minimum atomic E-state index is -2.08. The number of halogens is 1. The van der Waals surface area contributed by atoms with Crippen molar-refractivity contribution in [2.75, 3.05) is 13.7 Å². The lowest BCUT2D eigenvalue weighted by Gasteiger charge is -2.47. The summed E-state index contributed by atoms with van der Waals surface area (Å²) in [6.07, 6.45) is 1.71. The number of nitrogens with one attached hydrogen (secondary N) is 1. The Balaban J connectivity index is 2.43. The fourth-order valence-corrected chi connectivity index (χ4v) is 6.28. The Kier molecular flexibility index (Phi) is 11.1. The number of hydrogen-bond donors (Lipinski definition) is 3. The predicted octanol–water partition coefficient (Wildman–Crippen LogP) is 6.49. The SMILES string of the molecule is COc1cc(C(C)C)c(OC2=CNC(N)(C(CO[Si](C)(C)C(C)(C)C)C(C)(C)O[Si]C(C)(C)C)N=C2N)cc1I. The van der Waals surface area contributed by atoms with Crippen molar-refractivity contribution < 1.29 is 18.3 Å². The molecule has 0 fully saturated rings. The molecule has 0 amide bonds. The molecule has 1 aromatic carbocycles. The second-order valence-electron chi connectivity index (χ2n) is 13.9. The van der Waals surface area contributed by atoms with Crippen LogP contribution in [0.3, 0.4) is 0 Å². The number of nitrogens with two attached hydrogens (primary N) is 2. The second-order valence-corrected chi connectivity index (χ2v) is 21.8. The van der Waals surface area contributed by atoms with Crippen molar-refractivity contribution >= 4 is 46.5 Å². The summed E-state index contributed by atoms with van der Waals surface area (Å²) in [5.41, 5.74) is 13.9. The summed E-state index contributed by atoms with van der Waals surface area (Å²) >= 11 is 2.24. The normalized spacial score (nSPS) is 19.6. The van der Waals surface area contributed by atoms with Gasteiger partial charge < -0.3 is 29.4 Å². The van der Waals surface area contributed by atoms with Crippen molar-refractivity contribution in [1.82, 2.24) is 5.32 Å². The van der Waals surface area contributed by atoms with Gasteiger partial charge in [0.25, 0.3) is 0 Å². The molecule has 40 heavy (non-hydrogen) atoms. The van der Waals surface area contributed by atoms with Gasteiger partial charge in [0.1, 0.15) is 11.5 Å². The topological polar surface area (TPSA) is 113 Å². The highest BCUT2D eigenvalue weighted by molar-refractivity contribution is 14.1. The average Bonchev–Trinajstić information content (AvgIpc) is 2.78. The molecule has 1 aliphatic heterocycles. The van der Waals surface area contributed by atoms with Gasteiger partial charge in [-0.15, -0.1) is 0 Å². The minimum Gasteiger partial charge on any atom is -0.496 e. The van der Waals surface area contributed by atoms with E-state index in [-0.39, 0.29) is 37.5 Å². The highest BCUT2D eigenvalue weighted by Gasteiger charge is 2.49. The maximum absolute atomic E-state index is 7.02. The van der Waals surface area contributed by atoms with Gasteiger partial charge in [-0.05, 0) is 77.7 Å². The molecule has 2 rings (SSSR count). The van der Waals surface area contributed by atoms with Crippen LogP contribution in [0.5, 0.6) is 11.5 Å². The van der Waals surface area contributed by atoms with E-state index in [1.54, 1.807) is 13.3 Å². The maximum Gasteiger partial charge on any atom is 0.236 e. The summed E-state index contributed by atoms with van der Waals surface area (Å²) in [6, 6.07) is 3.95. The van der Waals surface area contributed by atoms with Crippen LogP contribution in [0.2, 0.25) is 23.2 Å². The van der Waals surface area contributed by atoms with E-state index in [0.717, 1.165) is 14.9 Å². The smallest absolute Gasteiger partial charge is 0.236 e. The average molecular weight is 703 g/mol. The molecule has 11 heteroatoms. The summed E-state index contributed by atoms with van der Waals surface area (Å²) < 4.78 is 26.0. The van der Waals surface area contributed by atoms with Gasteiger partial charge in [0.2, 0.25) is 9.76 Å². The van der Waals surface area contributed by atoms with Gasteiger partial charge in [0, 0.05) is 18.4 Å². The lowest BCUT2D eigenvalue weighted by Crippen LogP contribution is -2.66. The summed E-state index contributed by atoms with van der Waals surface area (Å²) in [5, 5.41) is 3.37. The first-order valence-electron chi connectivity index (χ1n) is 13.8. The number of aliphatic imine (C=N–C) groups is 1. The zero-order valence-corrected chi connectivity index (χ0v) is 30.9. The summed E-state index contributed by atoms with van der Waals surface area (Å²) in [4.78, 5) is 4.80. The van der Waals surface area contributed by atoms with Gasteiger partial charge in [-0.25, -0.2) is 4.99 Å². The molecule has 0 saturated heterocycles. The zero-order valence-electron chi connectivity index (χ0n) is 26.7. The largest absolute Gasteiger partial charge is 0.496 e.